The average Bonchev–Trinajstić information content (AvgIpc) is 3.07. The van der Waals surface area contributed by atoms with E-state index in [1.807, 2.05) is 24.3 Å². The van der Waals surface area contributed by atoms with Gasteiger partial charge in [-0.05, 0) is 42.7 Å². The summed E-state index contributed by atoms with van der Waals surface area (Å²) >= 11 is 0. The molecule has 0 radical (unpaired) electrons. The third-order valence-corrected chi connectivity index (χ3v) is 4.37. The van der Waals surface area contributed by atoms with Crippen LogP contribution in [0.3, 0.4) is 0 Å². The molecule has 120 valence electrons. The number of nitrogens with zero attached hydrogens (tertiary/aromatic N) is 2. The summed E-state index contributed by atoms with van der Waals surface area (Å²) in [4.78, 5) is 16.4. The molecule has 1 aromatic heterocycles. The fourth-order valence-electron chi connectivity index (χ4n) is 3.08. The summed E-state index contributed by atoms with van der Waals surface area (Å²) in [5.41, 5.74) is 3.52. The molecular weight excluding hydrogens is 305 g/mol. The Labute approximate surface area is 139 Å². The molecule has 0 saturated heterocycles. The molecule has 0 bridgehead atoms. The lowest BCUT2D eigenvalue weighted by molar-refractivity contribution is 0.0946. The van der Waals surface area contributed by atoms with Crippen LogP contribution in [0.4, 0.5) is 4.39 Å². The van der Waals surface area contributed by atoms with Crippen LogP contribution < -0.4 is 5.32 Å². The highest BCUT2D eigenvalue weighted by atomic mass is 19.1. The van der Waals surface area contributed by atoms with E-state index in [0.29, 0.717) is 29.1 Å². The van der Waals surface area contributed by atoms with Gasteiger partial charge in [0.05, 0.1) is 5.56 Å². The highest BCUT2D eigenvalue weighted by Crippen LogP contribution is 2.27. The summed E-state index contributed by atoms with van der Waals surface area (Å²) in [6.07, 6.45) is 4.24. The number of aryl methyl sites for hydroxylation is 1. The molecule has 0 unspecified atom stereocenters. The average molecular weight is 321 g/mol. The number of carbonyl (C=O) groups is 1. The molecule has 1 aliphatic heterocycles. The SMILES string of the molecule is Cc1cccc(-c2nccn2-c2ccc3c(c2)C(=O)NCC3)c1F. The smallest absolute Gasteiger partial charge is 0.251 e. The van der Waals surface area contributed by atoms with Crippen LogP contribution in [0, 0.1) is 12.7 Å². The standard InChI is InChI=1S/C19H16FN3O/c1-12-3-2-4-15(17(12)20)18-21-9-10-23(18)14-6-5-13-7-8-22-19(24)16(13)11-14/h2-6,9-11H,7-8H2,1H3,(H,22,24). The maximum Gasteiger partial charge on any atom is 0.251 e. The maximum absolute atomic E-state index is 14.5. The molecule has 2 heterocycles. The lowest BCUT2D eigenvalue weighted by Crippen LogP contribution is -2.31. The molecule has 4 rings (SSSR count). The van der Waals surface area contributed by atoms with Crippen molar-refractivity contribution >= 4 is 5.91 Å². The van der Waals surface area contributed by atoms with Crippen LogP contribution in [0.1, 0.15) is 21.5 Å². The third-order valence-electron chi connectivity index (χ3n) is 4.37. The van der Waals surface area contributed by atoms with Gasteiger partial charge in [-0.1, -0.05) is 18.2 Å². The van der Waals surface area contributed by atoms with Gasteiger partial charge in [0.25, 0.3) is 5.91 Å². The van der Waals surface area contributed by atoms with Crippen molar-refractivity contribution < 1.29 is 9.18 Å². The van der Waals surface area contributed by atoms with E-state index in [1.165, 1.54) is 0 Å². The van der Waals surface area contributed by atoms with Crippen molar-refractivity contribution in [2.45, 2.75) is 13.3 Å². The largest absolute Gasteiger partial charge is 0.352 e. The topological polar surface area (TPSA) is 46.9 Å². The minimum Gasteiger partial charge on any atom is -0.352 e. The first-order valence-electron chi connectivity index (χ1n) is 7.85. The summed E-state index contributed by atoms with van der Waals surface area (Å²) in [5.74, 6) is 0.175. The number of nitrogens with one attached hydrogen (secondary N) is 1. The highest BCUT2D eigenvalue weighted by Gasteiger charge is 2.19. The second-order valence-electron chi connectivity index (χ2n) is 5.90. The molecular formula is C19H16FN3O. The lowest BCUT2D eigenvalue weighted by Gasteiger charge is -2.18. The number of amides is 1. The number of hydrogen-bond donors (Lipinski definition) is 1. The Morgan fingerprint density at radius 3 is 2.96 bits per heavy atom. The molecule has 0 atom stereocenters. The number of halogens is 1. The molecule has 0 spiro atoms. The van der Waals surface area contributed by atoms with E-state index in [9.17, 15) is 9.18 Å². The van der Waals surface area contributed by atoms with Gasteiger partial charge in [-0.25, -0.2) is 9.37 Å². The van der Waals surface area contributed by atoms with Crippen LogP contribution in [0.25, 0.3) is 17.1 Å². The van der Waals surface area contributed by atoms with Crippen molar-refractivity contribution in [1.29, 1.82) is 0 Å². The van der Waals surface area contributed by atoms with Crippen molar-refractivity contribution in [3.63, 3.8) is 0 Å². The van der Waals surface area contributed by atoms with E-state index in [0.717, 1.165) is 17.7 Å². The minimum atomic E-state index is -0.277. The number of rotatable bonds is 2. The number of benzene rings is 2. The Balaban J connectivity index is 1.85. The number of carbonyl (C=O) groups excluding carboxylic acids is 1. The quantitative estimate of drug-likeness (QED) is 0.787. The molecule has 0 fully saturated rings. The van der Waals surface area contributed by atoms with Gasteiger partial charge in [0, 0.05) is 30.2 Å². The molecule has 1 N–H and O–H groups in total. The Morgan fingerprint density at radius 1 is 1.21 bits per heavy atom. The summed E-state index contributed by atoms with van der Waals surface area (Å²) < 4.78 is 16.3. The molecule has 0 saturated carbocycles. The van der Waals surface area contributed by atoms with E-state index in [2.05, 4.69) is 10.3 Å². The summed E-state index contributed by atoms with van der Waals surface area (Å²) in [5, 5.41) is 2.85. The molecule has 0 aliphatic carbocycles. The predicted molar refractivity (Wildman–Crippen MR) is 89.7 cm³/mol. The van der Waals surface area contributed by atoms with E-state index < -0.39 is 0 Å². The van der Waals surface area contributed by atoms with Gasteiger partial charge in [-0.3, -0.25) is 9.36 Å². The van der Waals surface area contributed by atoms with Crippen LogP contribution in [-0.4, -0.2) is 22.0 Å². The van der Waals surface area contributed by atoms with Crippen molar-refractivity contribution in [2.75, 3.05) is 6.54 Å². The molecule has 1 amide bonds. The van der Waals surface area contributed by atoms with E-state index in [1.54, 1.807) is 36.0 Å². The molecule has 4 nitrogen and oxygen atoms in total. The van der Waals surface area contributed by atoms with Crippen LogP contribution >= 0.6 is 0 Å². The first kappa shape index (κ1) is 14.6. The van der Waals surface area contributed by atoms with Crippen molar-refractivity contribution in [3.05, 3.63) is 71.3 Å². The Hall–Kier alpha value is -2.95. The predicted octanol–water partition coefficient (Wildman–Crippen LogP) is 3.27. The normalized spacial score (nSPS) is 13.5. The second-order valence-corrected chi connectivity index (χ2v) is 5.90. The molecule has 1 aliphatic rings. The van der Waals surface area contributed by atoms with Crippen molar-refractivity contribution in [2.24, 2.45) is 0 Å². The van der Waals surface area contributed by atoms with E-state index in [4.69, 9.17) is 0 Å². The first-order valence-corrected chi connectivity index (χ1v) is 7.85. The number of hydrogen-bond acceptors (Lipinski definition) is 2. The second kappa shape index (κ2) is 5.60. The van der Waals surface area contributed by atoms with Crippen LogP contribution in [0.5, 0.6) is 0 Å². The summed E-state index contributed by atoms with van der Waals surface area (Å²) in [6, 6.07) is 11.0. The van der Waals surface area contributed by atoms with Crippen molar-refractivity contribution in [1.82, 2.24) is 14.9 Å². The fourth-order valence-corrected chi connectivity index (χ4v) is 3.08. The first-order chi connectivity index (χ1) is 11.6. The van der Waals surface area contributed by atoms with Crippen LogP contribution in [0.15, 0.2) is 48.8 Å². The Morgan fingerprint density at radius 2 is 2.08 bits per heavy atom. The third kappa shape index (κ3) is 2.29. The monoisotopic (exact) mass is 321 g/mol. The van der Waals surface area contributed by atoms with Gasteiger partial charge in [-0.2, -0.15) is 0 Å². The van der Waals surface area contributed by atoms with Gasteiger partial charge in [0.1, 0.15) is 11.6 Å². The van der Waals surface area contributed by atoms with Crippen molar-refractivity contribution in [3.8, 4) is 17.1 Å². The van der Waals surface area contributed by atoms with Crippen LogP contribution in [-0.2, 0) is 6.42 Å². The molecule has 2 aromatic carbocycles. The van der Waals surface area contributed by atoms with Crippen LogP contribution in [0.2, 0.25) is 0 Å². The zero-order chi connectivity index (χ0) is 16.7. The zero-order valence-electron chi connectivity index (χ0n) is 13.2. The lowest BCUT2D eigenvalue weighted by atomic mass is 9.99. The summed E-state index contributed by atoms with van der Waals surface area (Å²) in [6.45, 7) is 2.39. The van der Waals surface area contributed by atoms with Gasteiger partial charge in [-0.15, -0.1) is 0 Å². The van der Waals surface area contributed by atoms with E-state index in [-0.39, 0.29) is 11.7 Å². The number of fused-ring (bicyclic) bond motifs is 1. The number of aromatic nitrogens is 2. The van der Waals surface area contributed by atoms with Gasteiger partial charge >= 0.3 is 0 Å². The zero-order valence-corrected chi connectivity index (χ0v) is 13.2. The van der Waals surface area contributed by atoms with E-state index >= 15 is 0 Å². The van der Waals surface area contributed by atoms with Gasteiger partial charge in [0.2, 0.25) is 0 Å². The van der Waals surface area contributed by atoms with Gasteiger partial charge in [0.15, 0.2) is 0 Å². The Kier molecular flexibility index (Phi) is 3.41. The maximum atomic E-state index is 14.5. The highest BCUT2D eigenvalue weighted by molar-refractivity contribution is 5.97. The number of imidazole rings is 1. The van der Waals surface area contributed by atoms with Gasteiger partial charge < -0.3 is 5.32 Å². The molecule has 3 aromatic rings. The summed E-state index contributed by atoms with van der Waals surface area (Å²) in [7, 11) is 0. The Bertz CT molecular complexity index is 946. The minimum absolute atomic E-state index is 0.0681. The fraction of sp³-hybridized carbons (Fsp3) is 0.158. The molecule has 5 heteroatoms. The molecule has 24 heavy (non-hydrogen) atoms.